The molecule has 2 aliphatic rings. The SMILES string of the molecule is COc1ccc2c(c1)N1CCCCC1(C)n1nccc1-2. The van der Waals surface area contributed by atoms with Gasteiger partial charge in [0, 0.05) is 24.4 Å². The zero-order valence-corrected chi connectivity index (χ0v) is 12.0. The Kier molecular flexibility index (Phi) is 2.37. The van der Waals surface area contributed by atoms with Gasteiger partial charge in [-0.1, -0.05) is 0 Å². The average Bonchev–Trinajstić information content (AvgIpc) is 2.97. The van der Waals surface area contributed by atoms with Crippen LogP contribution in [0.1, 0.15) is 26.2 Å². The van der Waals surface area contributed by atoms with Crippen molar-refractivity contribution in [1.29, 1.82) is 0 Å². The molecule has 4 heteroatoms. The summed E-state index contributed by atoms with van der Waals surface area (Å²) in [6, 6.07) is 8.45. The summed E-state index contributed by atoms with van der Waals surface area (Å²) in [5.41, 5.74) is 3.70. The van der Waals surface area contributed by atoms with E-state index in [1.807, 2.05) is 12.3 Å². The fourth-order valence-corrected chi connectivity index (χ4v) is 3.68. The Balaban J connectivity index is 1.99. The first-order valence-corrected chi connectivity index (χ1v) is 7.24. The van der Waals surface area contributed by atoms with Crippen LogP contribution in [0.4, 0.5) is 5.69 Å². The Labute approximate surface area is 119 Å². The third-order valence-electron chi connectivity index (χ3n) is 4.73. The van der Waals surface area contributed by atoms with Crippen molar-refractivity contribution < 1.29 is 4.74 Å². The Morgan fingerprint density at radius 2 is 2.15 bits per heavy atom. The largest absolute Gasteiger partial charge is 0.497 e. The lowest BCUT2D eigenvalue weighted by molar-refractivity contribution is 0.211. The van der Waals surface area contributed by atoms with E-state index >= 15 is 0 Å². The number of aromatic nitrogens is 2. The number of rotatable bonds is 1. The smallest absolute Gasteiger partial charge is 0.131 e. The van der Waals surface area contributed by atoms with E-state index in [1.165, 1.54) is 29.8 Å². The molecule has 4 nitrogen and oxygen atoms in total. The zero-order valence-electron chi connectivity index (χ0n) is 12.0. The highest BCUT2D eigenvalue weighted by molar-refractivity contribution is 5.81. The van der Waals surface area contributed by atoms with Gasteiger partial charge in [-0.25, -0.2) is 4.68 Å². The van der Waals surface area contributed by atoms with Crippen molar-refractivity contribution in [3.05, 3.63) is 30.5 Å². The molecule has 1 aromatic heterocycles. The van der Waals surface area contributed by atoms with Crippen molar-refractivity contribution in [2.75, 3.05) is 18.6 Å². The standard InChI is InChI=1S/C16H19N3O/c1-16-8-3-4-10-18(16)15-11-12(20-2)5-6-13(15)14-7-9-17-19(14)16/h5-7,9,11H,3-4,8,10H2,1-2H3. The van der Waals surface area contributed by atoms with Crippen molar-refractivity contribution in [2.24, 2.45) is 0 Å². The molecular weight excluding hydrogens is 250 g/mol. The number of benzene rings is 1. The second kappa shape index (κ2) is 4.01. The molecular formula is C16H19N3O. The van der Waals surface area contributed by atoms with Crippen LogP contribution in [0.5, 0.6) is 5.75 Å². The molecule has 0 N–H and O–H groups in total. The summed E-state index contributed by atoms with van der Waals surface area (Å²) in [7, 11) is 1.73. The van der Waals surface area contributed by atoms with Gasteiger partial charge in [0.05, 0.1) is 18.5 Å². The molecule has 2 aliphatic heterocycles. The number of hydrogen-bond acceptors (Lipinski definition) is 3. The van der Waals surface area contributed by atoms with Crippen molar-refractivity contribution in [2.45, 2.75) is 31.8 Å². The summed E-state index contributed by atoms with van der Waals surface area (Å²) in [4.78, 5) is 2.49. The van der Waals surface area contributed by atoms with Crippen molar-refractivity contribution in [1.82, 2.24) is 9.78 Å². The van der Waals surface area contributed by atoms with Crippen molar-refractivity contribution >= 4 is 5.69 Å². The summed E-state index contributed by atoms with van der Waals surface area (Å²) in [5, 5.41) is 4.60. The maximum absolute atomic E-state index is 5.41. The summed E-state index contributed by atoms with van der Waals surface area (Å²) < 4.78 is 7.61. The van der Waals surface area contributed by atoms with Crippen LogP contribution in [0, 0.1) is 0 Å². The Bertz CT molecular complexity index is 663. The summed E-state index contributed by atoms with van der Waals surface area (Å²) in [6.07, 6.45) is 5.54. The topological polar surface area (TPSA) is 30.3 Å². The monoisotopic (exact) mass is 269 g/mol. The van der Waals surface area contributed by atoms with Crippen LogP contribution in [0.15, 0.2) is 30.5 Å². The average molecular weight is 269 g/mol. The maximum atomic E-state index is 5.41. The molecule has 0 aliphatic carbocycles. The second-order valence-electron chi connectivity index (χ2n) is 5.84. The lowest BCUT2D eigenvalue weighted by Gasteiger charge is -2.50. The van der Waals surface area contributed by atoms with Crippen molar-refractivity contribution in [3.63, 3.8) is 0 Å². The first kappa shape index (κ1) is 11.8. The van der Waals surface area contributed by atoms with Gasteiger partial charge in [0.2, 0.25) is 0 Å². The Morgan fingerprint density at radius 1 is 1.25 bits per heavy atom. The van der Waals surface area contributed by atoms with Gasteiger partial charge in [-0.15, -0.1) is 0 Å². The minimum absolute atomic E-state index is 0.0452. The molecule has 1 atom stereocenters. The van der Waals surface area contributed by atoms with E-state index in [0.717, 1.165) is 18.7 Å². The van der Waals surface area contributed by atoms with Crippen LogP contribution in [-0.4, -0.2) is 23.4 Å². The lowest BCUT2D eigenvalue weighted by atomic mass is 9.91. The quantitative estimate of drug-likeness (QED) is 0.796. The first-order chi connectivity index (χ1) is 9.74. The molecule has 0 radical (unpaired) electrons. The van der Waals surface area contributed by atoms with Crippen molar-refractivity contribution in [3.8, 4) is 17.0 Å². The molecule has 1 unspecified atom stereocenters. The first-order valence-electron chi connectivity index (χ1n) is 7.24. The third kappa shape index (κ3) is 1.39. The third-order valence-corrected chi connectivity index (χ3v) is 4.73. The number of methoxy groups -OCH3 is 1. The van der Waals surface area contributed by atoms with Gasteiger partial charge in [-0.2, -0.15) is 5.10 Å². The Morgan fingerprint density at radius 3 is 3.00 bits per heavy atom. The molecule has 1 saturated heterocycles. The van der Waals surface area contributed by atoms with Gasteiger partial charge >= 0.3 is 0 Å². The van der Waals surface area contributed by atoms with E-state index in [-0.39, 0.29) is 5.66 Å². The van der Waals surface area contributed by atoms with Gasteiger partial charge in [0.15, 0.2) is 0 Å². The highest BCUT2D eigenvalue weighted by Gasteiger charge is 2.42. The molecule has 1 aromatic carbocycles. The van der Waals surface area contributed by atoms with Gasteiger partial charge in [0.25, 0.3) is 0 Å². The van der Waals surface area contributed by atoms with Crippen LogP contribution in [-0.2, 0) is 5.66 Å². The number of ether oxygens (including phenoxy) is 1. The predicted octanol–water partition coefficient (Wildman–Crippen LogP) is 3.24. The molecule has 2 aromatic rings. The molecule has 104 valence electrons. The van der Waals surface area contributed by atoms with Crippen LogP contribution in [0.2, 0.25) is 0 Å². The minimum Gasteiger partial charge on any atom is -0.497 e. The normalized spacial score (nSPS) is 23.8. The van der Waals surface area contributed by atoms with Crippen LogP contribution in [0.25, 0.3) is 11.3 Å². The number of fused-ring (bicyclic) bond motifs is 6. The molecule has 4 rings (SSSR count). The van der Waals surface area contributed by atoms with E-state index in [2.05, 4.69) is 39.8 Å². The molecule has 20 heavy (non-hydrogen) atoms. The minimum atomic E-state index is -0.0452. The number of hydrogen-bond donors (Lipinski definition) is 0. The van der Waals surface area contributed by atoms with Gasteiger partial charge < -0.3 is 9.64 Å². The maximum Gasteiger partial charge on any atom is 0.131 e. The number of nitrogens with zero attached hydrogens (tertiary/aromatic N) is 3. The zero-order chi connectivity index (χ0) is 13.7. The van der Waals surface area contributed by atoms with Crippen LogP contribution in [0.3, 0.4) is 0 Å². The van der Waals surface area contributed by atoms with E-state index in [0.29, 0.717) is 0 Å². The molecule has 0 spiro atoms. The highest BCUT2D eigenvalue weighted by Crippen LogP contribution is 2.47. The molecule has 0 saturated carbocycles. The van der Waals surface area contributed by atoms with Gasteiger partial charge in [0.1, 0.15) is 11.4 Å². The van der Waals surface area contributed by atoms with E-state index in [9.17, 15) is 0 Å². The number of piperidine rings is 1. The summed E-state index contributed by atoms with van der Waals surface area (Å²) >= 11 is 0. The fraction of sp³-hybridized carbons (Fsp3) is 0.438. The molecule has 0 amide bonds. The predicted molar refractivity (Wildman–Crippen MR) is 79.1 cm³/mol. The molecule has 0 bridgehead atoms. The number of anilines is 1. The van der Waals surface area contributed by atoms with Gasteiger partial charge in [-0.05, 0) is 44.4 Å². The van der Waals surface area contributed by atoms with E-state index < -0.39 is 0 Å². The Hall–Kier alpha value is -1.97. The lowest BCUT2D eigenvalue weighted by Crippen LogP contribution is -2.54. The fourth-order valence-electron chi connectivity index (χ4n) is 3.68. The summed E-state index contributed by atoms with van der Waals surface area (Å²) in [6.45, 7) is 3.38. The highest BCUT2D eigenvalue weighted by atomic mass is 16.5. The summed E-state index contributed by atoms with van der Waals surface area (Å²) in [5.74, 6) is 0.921. The molecule has 1 fully saturated rings. The van der Waals surface area contributed by atoms with E-state index in [4.69, 9.17) is 4.74 Å². The van der Waals surface area contributed by atoms with E-state index in [1.54, 1.807) is 7.11 Å². The van der Waals surface area contributed by atoms with Crippen LogP contribution < -0.4 is 9.64 Å². The second-order valence-corrected chi connectivity index (χ2v) is 5.84. The van der Waals surface area contributed by atoms with Crippen LogP contribution >= 0.6 is 0 Å². The molecule has 3 heterocycles. The van der Waals surface area contributed by atoms with Gasteiger partial charge in [-0.3, -0.25) is 0 Å².